The van der Waals surface area contributed by atoms with Gasteiger partial charge in [0.05, 0.1) is 11.3 Å². The largest absolute Gasteiger partial charge is 0.481 e. The minimum atomic E-state index is -0.842. The van der Waals surface area contributed by atoms with E-state index < -0.39 is 11.9 Å². The van der Waals surface area contributed by atoms with Crippen LogP contribution in [-0.4, -0.2) is 48.1 Å². The Morgan fingerprint density at radius 3 is 2.35 bits per heavy atom. The van der Waals surface area contributed by atoms with E-state index in [1.807, 2.05) is 6.92 Å². The zero-order valence-corrected chi connectivity index (χ0v) is 12.9. The van der Waals surface area contributed by atoms with E-state index in [4.69, 9.17) is 5.11 Å². The maximum Gasteiger partial charge on any atom is 0.308 e. The maximum atomic E-state index is 12.9. The van der Waals surface area contributed by atoms with Crippen LogP contribution in [0.15, 0.2) is 0 Å². The van der Waals surface area contributed by atoms with Gasteiger partial charge in [-0.05, 0) is 39.3 Å². The SMILES string of the molecule is CCCC1(C(=O)N(CC)CC(C)C(=O)O)CCNCC1. The van der Waals surface area contributed by atoms with Gasteiger partial charge in [-0.15, -0.1) is 0 Å². The van der Waals surface area contributed by atoms with Crippen LogP contribution < -0.4 is 5.32 Å². The van der Waals surface area contributed by atoms with Crippen LogP contribution in [0.3, 0.4) is 0 Å². The first-order valence-electron chi connectivity index (χ1n) is 7.69. The molecule has 0 aliphatic carbocycles. The molecule has 20 heavy (non-hydrogen) atoms. The predicted octanol–water partition coefficient (Wildman–Crippen LogP) is 1.73. The second kappa shape index (κ2) is 7.62. The molecule has 1 saturated heterocycles. The van der Waals surface area contributed by atoms with Crippen molar-refractivity contribution in [1.82, 2.24) is 10.2 Å². The normalized spacial score (nSPS) is 19.4. The van der Waals surface area contributed by atoms with Crippen LogP contribution in [-0.2, 0) is 9.59 Å². The molecule has 0 spiro atoms. The molecule has 1 unspecified atom stereocenters. The van der Waals surface area contributed by atoms with Gasteiger partial charge in [-0.25, -0.2) is 0 Å². The Balaban J connectivity index is 2.82. The molecule has 116 valence electrons. The second-order valence-corrected chi connectivity index (χ2v) is 5.86. The monoisotopic (exact) mass is 284 g/mol. The Bertz CT molecular complexity index is 333. The summed E-state index contributed by atoms with van der Waals surface area (Å²) >= 11 is 0. The molecule has 0 aromatic carbocycles. The summed E-state index contributed by atoms with van der Waals surface area (Å²) < 4.78 is 0. The number of nitrogens with one attached hydrogen (secondary N) is 1. The van der Waals surface area contributed by atoms with E-state index in [0.717, 1.165) is 38.8 Å². The number of carbonyl (C=O) groups is 2. The molecule has 2 N–H and O–H groups in total. The highest BCUT2D eigenvalue weighted by atomic mass is 16.4. The van der Waals surface area contributed by atoms with Crippen molar-refractivity contribution in [2.75, 3.05) is 26.2 Å². The lowest BCUT2D eigenvalue weighted by Gasteiger charge is -2.40. The van der Waals surface area contributed by atoms with E-state index in [1.54, 1.807) is 11.8 Å². The lowest BCUT2D eigenvalue weighted by atomic mass is 9.74. The third kappa shape index (κ3) is 3.95. The number of amides is 1. The number of carbonyl (C=O) groups excluding carboxylic acids is 1. The smallest absolute Gasteiger partial charge is 0.308 e. The molecule has 1 aliphatic heterocycles. The van der Waals surface area contributed by atoms with Gasteiger partial charge in [0.15, 0.2) is 0 Å². The minimum absolute atomic E-state index is 0.149. The predicted molar refractivity (Wildman–Crippen MR) is 78.5 cm³/mol. The molecule has 1 amide bonds. The van der Waals surface area contributed by atoms with Crippen molar-refractivity contribution in [3.8, 4) is 0 Å². The third-order valence-corrected chi connectivity index (χ3v) is 4.33. The Morgan fingerprint density at radius 2 is 1.90 bits per heavy atom. The van der Waals surface area contributed by atoms with Gasteiger partial charge in [-0.1, -0.05) is 20.3 Å². The Hall–Kier alpha value is -1.10. The fourth-order valence-electron chi connectivity index (χ4n) is 3.05. The van der Waals surface area contributed by atoms with Crippen molar-refractivity contribution in [3.63, 3.8) is 0 Å². The highest BCUT2D eigenvalue weighted by molar-refractivity contribution is 5.83. The summed E-state index contributed by atoms with van der Waals surface area (Å²) in [6.07, 6.45) is 3.60. The van der Waals surface area contributed by atoms with Gasteiger partial charge >= 0.3 is 5.97 Å². The fourth-order valence-corrected chi connectivity index (χ4v) is 3.05. The summed E-state index contributed by atoms with van der Waals surface area (Å²) in [5.41, 5.74) is -0.283. The Morgan fingerprint density at radius 1 is 1.30 bits per heavy atom. The molecule has 0 aromatic rings. The summed E-state index contributed by atoms with van der Waals surface area (Å²) in [4.78, 5) is 25.6. The number of hydrogen-bond donors (Lipinski definition) is 2. The maximum absolute atomic E-state index is 12.9. The number of hydrogen-bond acceptors (Lipinski definition) is 3. The first-order chi connectivity index (χ1) is 9.46. The number of aliphatic carboxylic acids is 1. The number of carboxylic acids is 1. The number of nitrogens with zero attached hydrogens (tertiary/aromatic N) is 1. The van der Waals surface area contributed by atoms with Gasteiger partial charge < -0.3 is 15.3 Å². The van der Waals surface area contributed by atoms with Gasteiger partial charge in [0, 0.05) is 13.1 Å². The second-order valence-electron chi connectivity index (χ2n) is 5.86. The van der Waals surface area contributed by atoms with Crippen LogP contribution in [0.25, 0.3) is 0 Å². The average molecular weight is 284 g/mol. The van der Waals surface area contributed by atoms with E-state index in [9.17, 15) is 9.59 Å². The Labute approximate surface area is 121 Å². The molecule has 0 aromatic heterocycles. The Kier molecular flexibility index (Phi) is 6.46. The quantitative estimate of drug-likeness (QED) is 0.747. The highest BCUT2D eigenvalue weighted by Gasteiger charge is 2.41. The number of carboxylic acid groups (broad SMARTS) is 1. The van der Waals surface area contributed by atoms with E-state index in [2.05, 4.69) is 12.2 Å². The zero-order chi connectivity index (χ0) is 15.2. The van der Waals surface area contributed by atoms with Crippen LogP contribution in [0.5, 0.6) is 0 Å². The van der Waals surface area contributed by atoms with Crippen molar-refractivity contribution >= 4 is 11.9 Å². The van der Waals surface area contributed by atoms with Crippen LogP contribution in [0, 0.1) is 11.3 Å². The van der Waals surface area contributed by atoms with Gasteiger partial charge in [0.2, 0.25) is 5.91 Å². The molecule has 1 atom stereocenters. The molecule has 5 heteroatoms. The molecular weight excluding hydrogens is 256 g/mol. The summed E-state index contributed by atoms with van der Waals surface area (Å²) in [6, 6.07) is 0. The van der Waals surface area contributed by atoms with Crippen molar-refractivity contribution in [2.24, 2.45) is 11.3 Å². The molecule has 5 nitrogen and oxygen atoms in total. The number of rotatable bonds is 7. The van der Waals surface area contributed by atoms with E-state index in [0.29, 0.717) is 13.1 Å². The topological polar surface area (TPSA) is 69.6 Å². The third-order valence-electron chi connectivity index (χ3n) is 4.33. The van der Waals surface area contributed by atoms with Gasteiger partial charge in [0.1, 0.15) is 0 Å². The van der Waals surface area contributed by atoms with Crippen molar-refractivity contribution in [3.05, 3.63) is 0 Å². The lowest BCUT2D eigenvalue weighted by Crippen LogP contribution is -2.50. The van der Waals surface area contributed by atoms with Crippen LogP contribution in [0.4, 0.5) is 0 Å². The molecule has 0 saturated carbocycles. The fraction of sp³-hybridized carbons (Fsp3) is 0.867. The molecule has 1 rings (SSSR count). The summed E-state index contributed by atoms with van der Waals surface area (Å²) in [5, 5.41) is 12.3. The molecular formula is C15H28N2O3. The lowest BCUT2D eigenvalue weighted by molar-refractivity contribution is -0.148. The molecule has 1 fully saturated rings. The first-order valence-corrected chi connectivity index (χ1v) is 7.69. The highest BCUT2D eigenvalue weighted by Crippen LogP contribution is 2.36. The summed E-state index contributed by atoms with van der Waals surface area (Å²) in [5.74, 6) is -1.21. The molecule has 1 heterocycles. The summed E-state index contributed by atoms with van der Waals surface area (Å²) in [6.45, 7) is 8.32. The molecule has 1 aliphatic rings. The van der Waals surface area contributed by atoms with E-state index >= 15 is 0 Å². The minimum Gasteiger partial charge on any atom is -0.481 e. The first kappa shape index (κ1) is 17.0. The molecule has 0 bridgehead atoms. The van der Waals surface area contributed by atoms with E-state index in [1.165, 1.54) is 0 Å². The average Bonchev–Trinajstić information content (AvgIpc) is 2.44. The van der Waals surface area contributed by atoms with Gasteiger partial charge in [-0.3, -0.25) is 9.59 Å². The molecule has 0 radical (unpaired) electrons. The van der Waals surface area contributed by atoms with Crippen molar-refractivity contribution in [1.29, 1.82) is 0 Å². The van der Waals surface area contributed by atoms with Crippen molar-refractivity contribution in [2.45, 2.75) is 46.5 Å². The standard InChI is InChI=1S/C15H28N2O3/c1-4-6-15(7-9-16-10-8-15)14(20)17(5-2)11-12(3)13(18)19/h12,16H,4-11H2,1-3H3,(H,18,19). The van der Waals surface area contributed by atoms with Crippen LogP contribution >= 0.6 is 0 Å². The van der Waals surface area contributed by atoms with E-state index in [-0.39, 0.29) is 11.3 Å². The number of piperidine rings is 1. The van der Waals surface area contributed by atoms with Crippen LogP contribution in [0.1, 0.15) is 46.5 Å². The van der Waals surface area contributed by atoms with Crippen molar-refractivity contribution < 1.29 is 14.7 Å². The van der Waals surface area contributed by atoms with Crippen LogP contribution in [0.2, 0.25) is 0 Å². The van der Waals surface area contributed by atoms with Gasteiger partial charge in [-0.2, -0.15) is 0 Å². The van der Waals surface area contributed by atoms with Gasteiger partial charge in [0.25, 0.3) is 0 Å². The zero-order valence-electron chi connectivity index (χ0n) is 12.9. The summed E-state index contributed by atoms with van der Waals surface area (Å²) in [7, 11) is 0.